The molecular weight excluding hydrogens is 468 g/mol. The average molecular weight is 549 g/mol. The number of hydrogen-bond acceptors (Lipinski definition) is 0. The first-order chi connectivity index (χ1) is 17.7. The van der Waals surface area contributed by atoms with Gasteiger partial charge in [-0.1, -0.05) is 144 Å². The quantitative estimate of drug-likeness (QED) is 0.213. The molecule has 0 aliphatic heterocycles. The lowest BCUT2D eigenvalue weighted by Gasteiger charge is -2.25. The van der Waals surface area contributed by atoms with Crippen LogP contribution in [0.15, 0.2) is 33.9 Å². The average Bonchev–Trinajstić information content (AvgIpc) is 2.81. The van der Waals surface area contributed by atoms with Crippen LogP contribution in [-0.4, -0.2) is 0 Å². The Morgan fingerprint density at radius 3 is 1.33 bits per heavy atom. The molecule has 1 unspecified atom stereocenters. The summed E-state index contributed by atoms with van der Waals surface area (Å²) in [5.74, 6) is 2.35. The van der Waals surface area contributed by atoms with E-state index < -0.39 is 0 Å². The Bertz CT molecular complexity index is 656. The van der Waals surface area contributed by atoms with E-state index in [2.05, 4.69) is 145 Å². The van der Waals surface area contributed by atoms with Crippen LogP contribution in [0, 0.1) is 28.6 Å². The molecule has 1 atom stereocenters. The summed E-state index contributed by atoms with van der Waals surface area (Å²) in [6, 6.07) is 0. The van der Waals surface area contributed by atoms with Crippen LogP contribution in [0.4, 0.5) is 0 Å². The molecule has 39 heavy (non-hydrogen) atoms. The van der Waals surface area contributed by atoms with E-state index in [1.807, 2.05) is 0 Å². The molecule has 0 nitrogen and oxygen atoms in total. The predicted molar refractivity (Wildman–Crippen MR) is 188 cm³/mol. The van der Waals surface area contributed by atoms with Crippen molar-refractivity contribution in [3.8, 4) is 0 Å². The zero-order valence-corrected chi connectivity index (χ0v) is 31.5. The van der Waals surface area contributed by atoms with Crippen LogP contribution >= 0.6 is 0 Å². The molecule has 0 heteroatoms. The van der Waals surface area contributed by atoms with Gasteiger partial charge in [0.1, 0.15) is 0 Å². The van der Waals surface area contributed by atoms with E-state index >= 15 is 0 Å². The third-order valence-electron chi connectivity index (χ3n) is 8.19. The third kappa shape index (κ3) is 30.0. The highest BCUT2D eigenvalue weighted by molar-refractivity contribution is 5.10. The largest absolute Gasteiger partial charge is 0.0799 e. The van der Waals surface area contributed by atoms with Crippen LogP contribution < -0.4 is 0 Å². The molecule has 0 aliphatic rings. The molecule has 236 valence electrons. The summed E-state index contributed by atoms with van der Waals surface area (Å²) >= 11 is 0. The van der Waals surface area contributed by atoms with E-state index in [-0.39, 0.29) is 0 Å². The van der Waals surface area contributed by atoms with Crippen molar-refractivity contribution in [3.63, 3.8) is 0 Å². The van der Waals surface area contributed by atoms with Crippen molar-refractivity contribution in [2.24, 2.45) is 28.6 Å². The molecule has 0 saturated heterocycles. The smallest absolute Gasteiger partial charge is 0.0172 e. The molecule has 0 heterocycles. The molecule has 0 aromatic rings. The fourth-order valence-electron chi connectivity index (χ4n) is 4.94. The lowest BCUT2D eigenvalue weighted by Crippen LogP contribution is -2.13. The molecule has 0 fully saturated rings. The fourth-order valence-corrected chi connectivity index (χ4v) is 4.94. The highest BCUT2D eigenvalue weighted by Crippen LogP contribution is 2.30. The standard InChI is InChI=1S/C11H22.C10H22.2C9H18/c1-6-8-11(4,5)9-10(3)7-2;1-6-7-10(4,5)8-9(2)3;2*1-6-8(4)9(5)7(2)3/h9H,6-8H2,1-5H3;9H,6-8H2,1-5H3;8H,6H2,1-5H3;7H,6H2,1-5H3/b10-9+;;;9-8+. The Labute approximate surface area is 252 Å². The molecular formula is C39H80. The summed E-state index contributed by atoms with van der Waals surface area (Å²) < 4.78 is 0. The minimum absolute atomic E-state index is 0.412. The van der Waals surface area contributed by atoms with Crippen molar-refractivity contribution in [2.75, 3.05) is 0 Å². The van der Waals surface area contributed by atoms with Crippen LogP contribution in [0.25, 0.3) is 0 Å². The Morgan fingerprint density at radius 2 is 1.10 bits per heavy atom. The molecule has 0 aliphatic carbocycles. The van der Waals surface area contributed by atoms with Gasteiger partial charge >= 0.3 is 0 Å². The molecule has 0 aromatic heterocycles. The number of allylic oxidation sites excluding steroid dienone is 6. The molecule has 0 rings (SSSR count). The van der Waals surface area contributed by atoms with E-state index in [9.17, 15) is 0 Å². The van der Waals surface area contributed by atoms with Crippen LogP contribution in [0.1, 0.15) is 190 Å². The Morgan fingerprint density at radius 1 is 0.641 bits per heavy atom. The SMILES string of the molecule is CC/C(C)=C(\C)C(C)C.CCC(C)C(C)=C(C)C.CCCC(C)(C)/C=C(\C)CC.CCCC(C)(C)CC(C)C. The topological polar surface area (TPSA) is 0 Å². The summed E-state index contributed by atoms with van der Waals surface area (Å²) in [6.45, 7) is 45.2. The maximum Gasteiger partial charge on any atom is -0.0172 e. The van der Waals surface area contributed by atoms with Gasteiger partial charge < -0.3 is 0 Å². The minimum atomic E-state index is 0.412. The van der Waals surface area contributed by atoms with E-state index in [0.29, 0.717) is 10.8 Å². The van der Waals surface area contributed by atoms with E-state index in [1.54, 1.807) is 16.7 Å². The fraction of sp³-hybridized carbons (Fsp3) is 0.846. The molecule has 0 saturated carbocycles. The molecule has 0 bridgehead atoms. The van der Waals surface area contributed by atoms with Crippen molar-refractivity contribution < 1.29 is 0 Å². The van der Waals surface area contributed by atoms with Gasteiger partial charge in [0.25, 0.3) is 0 Å². The van der Waals surface area contributed by atoms with Gasteiger partial charge in [0.2, 0.25) is 0 Å². The second-order valence-electron chi connectivity index (χ2n) is 14.6. The molecule has 0 spiro atoms. The van der Waals surface area contributed by atoms with E-state index in [4.69, 9.17) is 0 Å². The van der Waals surface area contributed by atoms with Crippen LogP contribution in [0.3, 0.4) is 0 Å². The van der Waals surface area contributed by atoms with Crippen LogP contribution in [0.5, 0.6) is 0 Å². The highest BCUT2D eigenvalue weighted by atomic mass is 14.2. The summed E-state index contributed by atoms with van der Waals surface area (Å²) in [4.78, 5) is 0. The molecule has 0 N–H and O–H groups in total. The second kappa shape index (κ2) is 25.0. The van der Waals surface area contributed by atoms with Crippen molar-refractivity contribution in [2.45, 2.75) is 190 Å². The zero-order valence-electron chi connectivity index (χ0n) is 31.5. The first-order valence-corrected chi connectivity index (χ1v) is 16.7. The predicted octanol–water partition coefficient (Wildman–Crippen LogP) is 14.8. The van der Waals surface area contributed by atoms with Gasteiger partial charge in [0.05, 0.1) is 0 Å². The zero-order chi connectivity index (χ0) is 32.0. The van der Waals surface area contributed by atoms with Gasteiger partial charge in [-0.15, -0.1) is 0 Å². The van der Waals surface area contributed by atoms with Gasteiger partial charge in [-0.05, 0) is 109 Å². The monoisotopic (exact) mass is 549 g/mol. The van der Waals surface area contributed by atoms with Crippen molar-refractivity contribution in [1.82, 2.24) is 0 Å². The minimum Gasteiger partial charge on any atom is -0.0799 e. The van der Waals surface area contributed by atoms with Gasteiger partial charge in [0, 0.05) is 0 Å². The Balaban J connectivity index is -0.000000210. The normalized spacial score (nSPS) is 13.3. The van der Waals surface area contributed by atoms with Gasteiger partial charge in [-0.3, -0.25) is 0 Å². The number of hydrogen-bond donors (Lipinski definition) is 0. The van der Waals surface area contributed by atoms with Crippen molar-refractivity contribution >= 4 is 0 Å². The Kier molecular flexibility index (Phi) is 29.0. The maximum atomic E-state index is 2.41. The molecule has 0 radical (unpaired) electrons. The highest BCUT2D eigenvalue weighted by Gasteiger charge is 2.17. The van der Waals surface area contributed by atoms with E-state index in [0.717, 1.165) is 17.8 Å². The Hall–Kier alpha value is -0.780. The number of rotatable bonds is 12. The summed E-state index contributed by atoms with van der Waals surface area (Å²) in [6.07, 6.45) is 12.7. The van der Waals surface area contributed by atoms with Gasteiger partial charge in [-0.2, -0.15) is 0 Å². The lowest BCUT2D eigenvalue weighted by molar-refractivity contribution is 0.263. The first kappa shape index (κ1) is 45.2. The summed E-state index contributed by atoms with van der Waals surface area (Å²) in [5, 5.41) is 0. The molecule has 0 amide bonds. The van der Waals surface area contributed by atoms with Gasteiger partial charge in [0.15, 0.2) is 0 Å². The third-order valence-corrected chi connectivity index (χ3v) is 8.19. The van der Waals surface area contributed by atoms with Crippen molar-refractivity contribution in [3.05, 3.63) is 33.9 Å². The van der Waals surface area contributed by atoms with Crippen molar-refractivity contribution in [1.29, 1.82) is 0 Å². The van der Waals surface area contributed by atoms with Gasteiger partial charge in [-0.25, -0.2) is 0 Å². The maximum absolute atomic E-state index is 2.41. The summed E-state index contributed by atoms with van der Waals surface area (Å²) in [5.41, 5.74) is 8.63. The lowest BCUT2D eigenvalue weighted by atomic mass is 9.80. The van der Waals surface area contributed by atoms with Crippen LogP contribution in [0.2, 0.25) is 0 Å². The van der Waals surface area contributed by atoms with E-state index in [1.165, 1.54) is 62.5 Å². The second-order valence-corrected chi connectivity index (χ2v) is 14.6. The first-order valence-electron chi connectivity index (χ1n) is 16.7. The van der Waals surface area contributed by atoms with Crippen LogP contribution in [-0.2, 0) is 0 Å². The summed E-state index contributed by atoms with van der Waals surface area (Å²) in [7, 11) is 0. The molecule has 0 aromatic carbocycles.